The third-order valence-corrected chi connectivity index (χ3v) is 4.65. The average Bonchev–Trinajstić information content (AvgIpc) is 2.74. The largest absolute Gasteiger partial charge is 0.293 e. The molecule has 1 aromatic rings. The first-order chi connectivity index (χ1) is 7.11. The number of carbonyl (C=O) groups excluding carboxylic acids is 1. The molecule has 0 amide bonds. The fraction of sp³-hybridized carbons (Fsp3) is 0.583. The Morgan fingerprint density at radius 3 is 2.73 bits per heavy atom. The second-order valence-corrected chi connectivity index (χ2v) is 6.04. The molecule has 0 N–H and O–H groups in total. The fourth-order valence-electron chi connectivity index (χ4n) is 2.37. The molecule has 1 aromatic heterocycles. The van der Waals surface area contributed by atoms with Gasteiger partial charge in [-0.3, -0.25) is 4.79 Å². The molecule has 0 unspecified atom stereocenters. The van der Waals surface area contributed by atoms with Gasteiger partial charge in [-0.15, -0.1) is 11.3 Å². The van der Waals surface area contributed by atoms with Crippen LogP contribution in [0.2, 0.25) is 5.02 Å². The van der Waals surface area contributed by atoms with Crippen molar-refractivity contribution in [3.63, 3.8) is 0 Å². The molecule has 0 aromatic carbocycles. The summed E-state index contributed by atoms with van der Waals surface area (Å²) in [5.74, 6) is 0.222. The smallest absolute Gasteiger partial charge is 0.174 e. The first-order valence-electron chi connectivity index (χ1n) is 5.37. The monoisotopic (exact) mass is 242 g/mol. The van der Waals surface area contributed by atoms with Gasteiger partial charge in [-0.05, 0) is 29.7 Å². The summed E-state index contributed by atoms with van der Waals surface area (Å²) in [6.45, 7) is 2.22. The van der Waals surface area contributed by atoms with Crippen LogP contribution in [0.1, 0.15) is 48.7 Å². The molecule has 3 heteroatoms. The van der Waals surface area contributed by atoms with Crippen molar-refractivity contribution in [1.29, 1.82) is 0 Å². The standard InChI is InChI=1S/C12H15ClOS/c1-12(5-2-3-6-12)8-10(14)11-9(13)4-7-15-11/h4,7H,2-3,5-6,8H2,1H3. The summed E-state index contributed by atoms with van der Waals surface area (Å²) in [6.07, 6.45) is 5.56. The Morgan fingerprint density at radius 1 is 1.53 bits per heavy atom. The van der Waals surface area contributed by atoms with Crippen LogP contribution < -0.4 is 0 Å². The van der Waals surface area contributed by atoms with Crippen LogP contribution in [0.15, 0.2) is 11.4 Å². The van der Waals surface area contributed by atoms with E-state index in [2.05, 4.69) is 6.92 Å². The zero-order chi connectivity index (χ0) is 10.9. The van der Waals surface area contributed by atoms with Crippen LogP contribution in [-0.2, 0) is 0 Å². The Hall–Kier alpha value is -0.340. The van der Waals surface area contributed by atoms with Gasteiger partial charge in [-0.2, -0.15) is 0 Å². The normalized spacial score (nSPS) is 19.3. The van der Waals surface area contributed by atoms with Crippen LogP contribution in [0.4, 0.5) is 0 Å². The molecule has 1 fully saturated rings. The minimum atomic E-state index is 0.222. The average molecular weight is 243 g/mol. The molecule has 1 aliphatic carbocycles. The van der Waals surface area contributed by atoms with Gasteiger partial charge in [-0.25, -0.2) is 0 Å². The predicted octanol–water partition coefficient (Wildman–Crippen LogP) is 4.55. The first-order valence-corrected chi connectivity index (χ1v) is 6.63. The first kappa shape index (κ1) is 11.2. The number of Topliss-reactive ketones (excluding diaryl/α,β-unsaturated/α-hetero) is 1. The van der Waals surface area contributed by atoms with Gasteiger partial charge in [0.2, 0.25) is 0 Å². The maximum atomic E-state index is 12.0. The van der Waals surface area contributed by atoms with E-state index in [0.717, 1.165) is 4.88 Å². The van der Waals surface area contributed by atoms with E-state index < -0.39 is 0 Å². The van der Waals surface area contributed by atoms with Gasteiger partial charge in [0.1, 0.15) is 0 Å². The molecular formula is C12H15ClOS. The molecule has 0 saturated heterocycles. The van der Waals surface area contributed by atoms with Crippen LogP contribution in [0.3, 0.4) is 0 Å². The number of hydrogen-bond acceptors (Lipinski definition) is 2. The molecule has 0 bridgehead atoms. The molecule has 82 valence electrons. The Kier molecular flexibility index (Phi) is 3.17. The van der Waals surface area contributed by atoms with Crippen LogP contribution in [-0.4, -0.2) is 5.78 Å². The number of thiophene rings is 1. The minimum Gasteiger partial charge on any atom is -0.293 e. The minimum absolute atomic E-state index is 0.222. The summed E-state index contributed by atoms with van der Waals surface area (Å²) in [5, 5.41) is 2.50. The van der Waals surface area contributed by atoms with Crippen molar-refractivity contribution in [1.82, 2.24) is 0 Å². The van der Waals surface area contributed by atoms with Crippen molar-refractivity contribution in [2.75, 3.05) is 0 Å². The van der Waals surface area contributed by atoms with Crippen LogP contribution in [0.5, 0.6) is 0 Å². The molecule has 1 saturated carbocycles. The Bertz CT molecular complexity index is 363. The number of ketones is 1. The van der Waals surface area contributed by atoms with Gasteiger partial charge in [0.15, 0.2) is 5.78 Å². The molecule has 1 heterocycles. The zero-order valence-electron chi connectivity index (χ0n) is 8.88. The van der Waals surface area contributed by atoms with E-state index in [1.54, 1.807) is 6.07 Å². The van der Waals surface area contributed by atoms with Gasteiger partial charge >= 0.3 is 0 Å². The second-order valence-electron chi connectivity index (χ2n) is 4.72. The molecule has 0 aliphatic heterocycles. The van der Waals surface area contributed by atoms with E-state index in [4.69, 9.17) is 11.6 Å². The van der Waals surface area contributed by atoms with Gasteiger partial charge in [0.25, 0.3) is 0 Å². The molecule has 15 heavy (non-hydrogen) atoms. The van der Waals surface area contributed by atoms with E-state index in [1.807, 2.05) is 5.38 Å². The summed E-state index contributed by atoms with van der Waals surface area (Å²) >= 11 is 7.41. The van der Waals surface area contributed by atoms with Gasteiger partial charge in [0.05, 0.1) is 9.90 Å². The topological polar surface area (TPSA) is 17.1 Å². The van der Waals surface area contributed by atoms with Crippen molar-refractivity contribution in [2.45, 2.75) is 39.0 Å². The van der Waals surface area contributed by atoms with Crippen LogP contribution in [0, 0.1) is 5.41 Å². The lowest BCUT2D eigenvalue weighted by atomic mass is 9.83. The van der Waals surface area contributed by atoms with Crippen molar-refractivity contribution in [3.8, 4) is 0 Å². The van der Waals surface area contributed by atoms with E-state index in [0.29, 0.717) is 11.4 Å². The SMILES string of the molecule is CC1(CC(=O)c2sccc2Cl)CCCC1. The molecule has 0 atom stereocenters. The second kappa shape index (κ2) is 4.26. The molecular weight excluding hydrogens is 228 g/mol. The zero-order valence-corrected chi connectivity index (χ0v) is 10.5. The number of rotatable bonds is 3. The van der Waals surface area contributed by atoms with E-state index in [9.17, 15) is 4.79 Å². The van der Waals surface area contributed by atoms with Crippen molar-refractivity contribution >= 4 is 28.7 Å². The molecule has 0 radical (unpaired) electrons. The van der Waals surface area contributed by atoms with E-state index in [1.165, 1.54) is 37.0 Å². The number of halogens is 1. The van der Waals surface area contributed by atoms with Gasteiger partial charge < -0.3 is 0 Å². The van der Waals surface area contributed by atoms with E-state index in [-0.39, 0.29) is 11.2 Å². The molecule has 2 rings (SSSR count). The summed E-state index contributed by atoms with van der Waals surface area (Å²) in [5.41, 5.74) is 0.227. The van der Waals surface area contributed by atoms with Crippen molar-refractivity contribution in [2.24, 2.45) is 5.41 Å². The number of hydrogen-bond donors (Lipinski definition) is 0. The lowest BCUT2D eigenvalue weighted by Gasteiger charge is -2.21. The highest BCUT2D eigenvalue weighted by molar-refractivity contribution is 7.12. The summed E-state index contributed by atoms with van der Waals surface area (Å²) in [6, 6.07) is 1.80. The van der Waals surface area contributed by atoms with Crippen LogP contribution >= 0.6 is 22.9 Å². The van der Waals surface area contributed by atoms with Gasteiger partial charge in [0, 0.05) is 6.42 Å². The van der Waals surface area contributed by atoms with Crippen molar-refractivity contribution < 1.29 is 4.79 Å². The summed E-state index contributed by atoms with van der Waals surface area (Å²) in [4.78, 5) is 12.8. The van der Waals surface area contributed by atoms with Gasteiger partial charge in [-0.1, -0.05) is 31.4 Å². The summed E-state index contributed by atoms with van der Waals surface area (Å²) in [7, 11) is 0. The summed E-state index contributed by atoms with van der Waals surface area (Å²) < 4.78 is 0. The quantitative estimate of drug-likeness (QED) is 0.711. The predicted molar refractivity (Wildman–Crippen MR) is 64.9 cm³/mol. The highest BCUT2D eigenvalue weighted by atomic mass is 35.5. The van der Waals surface area contributed by atoms with Crippen molar-refractivity contribution in [3.05, 3.63) is 21.3 Å². The van der Waals surface area contributed by atoms with Crippen LogP contribution in [0.25, 0.3) is 0 Å². The third-order valence-electron chi connectivity index (χ3n) is 3.27. The Morgan fingerprint density at radius 2 is 2.20 bits per heavy atom. The number of carbonyl (C=O) groups is 1. The van der Waals surface area contributed by atoms with E-state index >= 15 is 0 Å². The molecule has 0 spiro atoms. The maximum absolute atomic E-state index is 12.0. The lowest BCUT2D eigenvalue weighted by Crippen LogP contribution is -2.16. The lowest BCUT2D eigenvalue weighted by molar-refractivity contribution is 0.0928. The Balaban J connectivity index is 2.07. The molecule has 1 nitrogen and oxygen atoms in total. The fourth-order valence-corrected chi connectivity index (χ4v) is 3.47. The highest BCUT2D eigenvalue weighted by Crippen LogP contribution is 2.42. The molecule has 1 aliphatic rings. The maximum Gasteiger partial charge on any atom is 0.174 e. The highest BCUT2D eigenvalue weighted by Gasteiger charge is 2.32. The Labute approximate surface area is 99.5 Å². The third kappa shape index (κ3) is 2.43.